The van der Waals surface area contributed by atoms with E-state index in [9.17, 15) is 10.1 Å². The zero-order valence-electron chi connectivity index (χ0n) is 18.0. The number of carbonyl (C=O) groups excluding carboxylic acids is 1. The summed E-state index contributed by atoms with van der Waals surface area (Å²) in [4.78, 5) is 12.6. The van der Waals surface area contributed by atoms with Crippen molar-refractivity contribution < 1.29 is 9.53 Å². The Bertz CT molecular complexity index is 1480. The molecule has 4 nitrogen and oxygen atoms in total. The minimum absolute atomic E-state index is 0.146. The molecule has 0 bridgehead atoms. The van der Waals surface area contributed by atoms with Crippen LogP contribution >= 0.6 is 46.4 Å². The summed E-state index contributed by atoms with van der Waals surface area (Å²) in [5.41, 5.74) is 1.72. The lowest BCUT2D eigenvalue weighted by Gasteiger charge is -2.13. The van der Waals surface area contributed by atoms with E-state index in [1.165, 1.54) is 12.1 Å². The second-order valence-electron chi connectivity index (χ2n) is 7.49. The van der Waals surface area contributed by atoms with Crippen molar-refractivity contribution in [3.8, 4) is 11.8 Å². The fraction of sp³-hybridized carbons (Fsp3) is 0.0370. The van der Waals surface area contributed by atoms with Crippen LogP contribution in [-0.4, -0.2) is 5.91 Å². The molecular formula is C27H16Cl4N2O2. The third-order valence-electron chi connectivity index (χ3n) is 5.13. The van der Waals surface area contributed by atoms with E-state index >= 15 is 0 Å². The molecule has 0 radical (unpaired) electrons. The average Bonchev–Trinajstić information content (AvgIpc) is 2.84. The van der Waals surface area contributed by atoms with Crippen molar-refractivity contribution in [3.05, 3.63) is 110 Å². The van der Waals surface area contributed by atoms with Gasteiger partial charge in [0.15, 0.2) is 5.75 Å². The van der Waals surface area contributed by atoms with Gasteiger partial charge >= 0.3 is 0 Å². The predicted molar refractivity (Wildman–Crippen MR) is 143 cm³/mol. The number of hydrogen-bond donors (Lipinski definition) is 1. The first-order valence-electron chi connectivity index (χ1n) is 10.3. The van der Waals surface area contributed by atoms with E-state index in [1.807, 2.05) is 48.5 Å². The highest BCUT2D eigenvalue weighted by molar-refractivity contribution is 6.42. The second kappa shape index (κ2) is 11.0. The summed E-state index contributed by atoms with van der Waals surface area (Å²) in [6.45, 7) is 0.269. The van der Waals surface area contributed by atoms with Gasteiger partial charge in [0.1, 0.15) is 18.2 Å². The van der Waals surface area contributed by atoms with Crippen LogP contribution in [0.5, 0.6) is 5.75 Å². The minimum atomic E-state index is -0.616. The molecule has 1 N–H and O–H groups in total. The molecule has 0 unspecified atom stereocenters. The van der Waals surface area contributed by atoms with Crippen LogP contribution in [0, 0.1) is 11.3 Å². The summed E-state index contributed by atoms with van der Waals surface area (Å²) < 4.78 is 5.94. The molecule has 0 atom stereocenters. The van der Waals surface area contributed by atoms with Gasteiger partial charge < -0.3 is 10.1 Å². The Morgan fingerprint density at radius 1 is 0.886 bits per heavy atom. The van der Waals surface area contributed by atoms with Crippen molar-refractivity contribution in [1.29, 1.82) is 5.26 Å². The average molecular weight is 542 g/mol. The van der Waals surface area contributed by atoms with E-state index in [0.29, 0.717) is 22.0 Å². The Kier molecular flexibility index (Phi) is 7.85. The Hall–Kier alpha value is -3.20. The highest BCUT2D eigenvalue weighted by Crippen LogP contribution is 2.36. The number of fused-ring (bicyclic) bond motifs is 1. The lowest BCUT2D eigenvalue weighted by molar-refractivity contribution is -0.112. The van der Waals surface area contributed by atoms with Gasteiger partial charge in [-0.2, -0.15) is 5.26 Å². The molecule has 4 aromatic carbocycles. The first kappa shape index (κ1) is 24.9. The molecule has 0 heterocycles. The summed E-state index contributed by atoms with van der Waals surface area (Å²) in [6, 6.07) is 23.6. The van der Waals surface area contributed by atoms with Crippen LogP contribution in [0.15, 0.2) is 78.4 Å². The van der Waals surface area contributed by atoms with E-state index in [2.05, 4.69) is 5.32 Å². The van der Waals surface area contributed by atoms with Crippen molar-refractivity contribution in [2.45, 2.75) is 6.61 Å². The van der Waals surface area contributed by atoms with E-state index in [0.717, 1.165) is 16.3 Å². The number of nitrogens with zero attached hydrogens (tertiary/aromatic N) is 1. The summed E-state index contributed by atoms with van der Waals surface area (Å²) >= 11 is 24.8. The van der Waals surface area contributed by atoms with Crippen LogP contribution in [0.25, 0.3) is 16.8 Å². The van der Waals surface area contributed by atoms with Crippen molar-refractivity contribution in [1.82, 2.24) is 0 Å². The molecule has 8 heteroatoms. The second-order valence-corrected chi connectivity index (χ2v) is 9.12. The molecule has 35 heavy (non-hydrogen) atoms. The maximum Gasteiger partial charge on any atom is 0.266 e. The molecule has 0 saturated heterocycles. The van der Waals surface area contributed by atoms with Crippen LogP contribution in [0.2, 0.25) is 20.1 Å². The molecule has 4 aromatic rings. The number of ether oxygens (including phenoxy) is 1. The molecule has 0 spiro atoms. The van der Waals surface area contributed by atoms with E-state index in [-0.39, 0.29) is 27.2 Å². The number of halogens is 4. The topological polar surface area (TPSA) is 62.1 Å². The number of benzene rings is 4. The Labute approximate surface area is 222 Å². The van der Waals surface area contributed by atoms with Gasteiger partial charge in [-0.3, -0.25) is 4.79 Å². The summed E-state index contributed by atoms with van der Waals surface area (Å²) in [5, 5.41) is 15.5. The number of hydrogen-bond acceptors (Lipinski definition) is 3. The van der Waals surface area contributed by atoms with Gasteiger partial charge in [-0.05, 0) is 58.3 Å². The standard InChI is InChI=1S/C27H16Cl4N2O2/c28-22-9-8-20(13-23(22)29)33-27(34)19(14-32)10-16-11-24(30)26(25(31)12-16)35-15-18-6-3-5-17-4-1-2-7-21(17)18/h1-13H,15H2,(H,33,34)/b19-10+. The van der Waals surface area contributed by atoms with Gasteiger partial charge in [-0.1, -0.05) is 88.9 Å². The minimum Gasteiger partial charge on any atom is -0.486 e. The molecule has 1 amide bonds. The fourth-order valence-electron chi connectivity index (χ4n) is 3.46. The van der Waals surface area contributed by atoms with Crippen LogP contribution in [0.3, 0.4) is 0 Å². The first-order chi connectivity index (χ1) is 16.9. The molecule has 0 aromatic heterocycles. The van der Waals surface area contributed by atoms with Gasteiger partial charge in [0.25, 0.3) is 5.91 Å². The Balaban J connectivity index is 1.53. The zero-order valence-corrected chi connectivity index (χ0v) is 21.0. The molecule has 0 aliphatic heterocycles. The molecule has 0 saturated carbocycles. The van der Waals surface area contributed by atoms with E-state index in [4.69, 9.17) is 51.1 Å². The molecular weight excluding hydrogens is 526 g/mol. The third-order valence-corrected chi connectivity index (χ3v) is 6.43. The van der Waals surface area contributed by atoms with Crippen molar-refractivity contribution in [2.24, 2.45) is 0 Å². The Morgan fingerprint density at radius 2 is 1.60 bits per heavy atom. The van der Waals surface area contributed by atoms with Gasteiger partial charge in [0.2, 0.25) is 0 Å². The van der Waals surface area contributed by atoms with Crippen LogP contribution in [-0.2, 0) is 11.4 Å². The SMILES string of the molecule is N#C/C(=C\c1cc(Cl)c(OCc2cccc3ccccc23)c(Cl)c1)C(=O)Nc1ccc(Cl)c(Cl)c1. The molecule has 0 aliphatic carbocycles. The number of rotatable bonds is 6. The summed E-state index contributed by atoms with van der Waals surface area (Å²) in [6.07, 6.45) is 1.39. The van der Waals surface area contributed by atoms with Crippen LogP contribution < -0.4 is 10.1 Å². The number of amides is 1. The summed E-state index contributed by atoms with van der Waals surface area (Å²) in [5.74, 6) is -0.299. The highest BCUT2D eigenvalue weighted by Gasteiger charge is 2.14. The van der Waals surface area contributed by atoms with Gasteiger partial charge in [-0.15, -0.1) is 0 Å². The number of anilines is 1. The molecule has 4 rings (SSSR count). The van der Waals surface area contributed by atoms with Crippen LogP contribution in [0.4, 0.5) is 5.69 Å². The molecule has 0 aliphatic rings. The van der Waals surface area contributed by atoms with Crippen LogP contribution in [0.1, 0.15) is 11.1 Å². The number of nitriles is 1. The lowest BCUT2D eigenvalue weighted by Crippen LogP contribution is -2.13. The van der Waals surface area contributed by atoms with Gasteiger partial charge in [-0.25, -0.2) is 0 Å². The molecule has 174 valence electrons. The van der Waals surface area contributed by atoms with Gasteiger partial charge in [0.05, 0.1) is 20.1 Å². The lowest BCUT2D eigenvalue weighted by atomic mass is 10.1. The third kappa shape index (κ3) is 5.90. The van der Waals surface area contributed by atoms with Crippen molar-refractivity contribution >= 4 is 74.8 Å². The largest absolute Gasteiger partial charge is 0.486 e. The smallest absolute Gasteiger partial charge is 0.266 e. The maximum absolute atomic E-state index is 12.6. The number of carbonyl (C=O) groups is 1. The van der Waals surface area contributed by atoms with Crippen molar-refractivity contribution in [2.75, 3.05) is 5.32 Å². The Morgan fingerprint density at radius 3 is 2.31 bits per heavy atom. The fourth-order valence-corrected chi connectivity index (χ4v) is 4.37. The highest BCUT2D eigenvalue weighted by atomic mass is 35.5. The first-order valence-corrected chi connectivity index (χ1v) is 11.8. The quantitative estimate of drug-likeness (QED) is 0.196. The van der Waals surface area contributed by atoms with Gasteiger partial charge in [0, 0.05) is 5.69 Å². The van der Waals surface area contributed by atoms with E-state index in [1.54, 1.807) is 24.3 Å². The predicted octanol–water partition coefficient (Wildman–Crippen LogP) is 8.58. The number of nitrogens with one attached hydrogen (secondary N) is 1. The summed E-state index contributed by atoms with van der Waals surface area (Å²) in [7, 11) is 0. The maximum atomic E-state index is 12.6. The monoisotopic (exact) mass is 540 g/mol. The van der Waals surface area contributed by atoms with E-state index < -0.39 is 5.91 Å². The normalized spacial score (nSPS) is 11.2. The zero-order chi connectivity index (χ0) is 24.9. The molecule has 0 fully saturated rings. The van der Waals surface area contributed by atoms with Crippen molar-refractivity contribution in [3.63, 3.8) is 0 Å².